The van der Waals surface area contributed by atoms with Crippen molar-refractivity contribution in [3.8, 4) is 17.6 Å². The molecule has 2 N–H and O–H groups in total. The molecule has 0 unspecified atom stereocenters. The minimum Gasteiger partial charge on any atom is -0.487 e. The lowest BCUT2D eigenvalue weighted by Crippen LogP contribution is -2.00. The molecule has 2 nitrogen and oxygen atoms in total. The van der Waals surface area contributed by atoms with Crippen molar-refractivity contribution in [3.63, 3.8) is 0 Å². The van der Waals surface area contributed by atoms with Gasteiger partial charge in [-0.1, -0.05) is 36.1 Å². The number of rotatable bonds is 3. The summed E-state index contributed by atoms with van der Waals surface area (Å²) in [7, 11) is 0. The van der Waals surface area contributed by atoms with Gasteiger partial charge in [0.25, 0.3) is 0 Å². The summed E-state index contributed by atoms with van der Waals surface area (Å²) in [6.45, 7) is 2.65. The molecule has 0 spiro atoms. The van der Waals surface area contributed by atoms with E-state index in [4.69, 9.17) is 10.5 Å². The normalized spacial score (nSPS) is 9.75. The highest BCUT2D eigenvalue weighted by Crippen LogP contribution is 2.21. The average molecular weight is 269 g/mol. The first-order chi connectivity index (χ1) is 9.70. The minimum absolute atomic E-state index is 0.259. The van der Waals surface area contributed by atoms with E-state index in [9.17, 15) is 4.39 Å². The van der Waals surface area contributed by atoms with Crippen LogP contribution in [0.5, 0.6) is 5.75 Å². The zero-order chi connectivity index (χ0) is 14.4. The van der Waals surface area contributed by atoms with E-state index in [0.717, 1.165) is 11.1 Å². The summed E-state index contributed by atoms with van der Waals surface area (Å²) in [4.78, 5) is 0. The van der Waals surface area contributed by atoms with Crippen LogP contribution in [0.1, 0.15) is 16.7 Å². The smallest absolute Gasteiger partial charge is 0.138 e. The van der Waals surface area contributed by atoms with Gasteiger partial charge in [0.05, 0.1) is 12.1 Å². The number of hydrogen-bond acceptors (Lipinski definition) is 2. The third-order valence-corrected chi connectivity index (χ3v) is 2.91. The van der Waals surface area contributed by atoms with Crippen molar-refractivity contribution in [3.05, 3.63) is 65.0 Å². The summed E-state index contributed by atoms with van der Waals surface area (Å²) in [6.07, 6.45) is 0. The molecule has 3 heteroatoms. The molecule has 0 atom stereocenters. The van der Waals surface area contributed by atoms with E-state index < -0.39 is 0 Å². The molecule has 2 aromatic rings. The number of ether oxygens (including phenoxy) is 1. The largest absolute Gasteiger partial charge is 0.487 e. The lowest BCUT2D eigenvalue weighted by molar-refractivity contribution is 0.303. The van der Waals surface area contributed by atoms with Gasteiger partial charge in [-0.3, -0.25) is 0 Å². The Hall–Kier alpha value is -2.31. The van der Waals surface area contributed by atoms with Crippen molar-refractivity contribution in [1.29, 1.82) is 0 Å². The second-order valence-corrected chi connectivity index (χ2v) is 4.36. The monoisotopic (exact) mass is 269 g/mol. The van der Waals surface area contributed by atoms with Crippen LogP contribution in [0.25, 0.3) is 0 Å². The highest BCUT2D eigenvalue weighted by atomic mass is 19.1. The zero-order valence-electron chi connectivity index (χ0n) is 11.3. The van der Waals surface area contributed by atoms with Gasteiger partial charge >= 0.3 is 0 Å². The Morgan fingerprint density at radius 2 is 2.00 bits per heavy atom. The molecule has 0 amide bonds. The first kappa shape index (κ1) is 14.1. The molecule has 0 heterocycles. The Morgan fingerprint density at radius 1 is 1.20 bits per heavy atom. The third kappa shape index (κ3) is 3.59. The molecule has 0 aliphatic heterocycles. The SMILES string of the molecule is Cc1ccccc1COc1cc(F)ccc1C#CCN. The topological polar surface area (TPSA) is 35.2 Å². The first-order valence-corrected chi connectivity index (χ1v) is 6.36. The molecular weight excluding hydrogens is 253 g/mol. The molecule has 0 aromatic heterocycles. The fourth-order valence-corrected chi connectivity index (χ4v) is 1.79. The molecule has 0 aliphatic rings. The van der Waals surface area contributed by atoms with Gasteiger partial charge < -0.3 is 10.5 Å². The summed E-state index contributed by atoms with van der Waals surface area (Å²) >= 11 is 0. The Kier molecular flexibility index (Phi) is 4.75. The van der Waals surface area contributed by atoms with E-state index in [1.54, 1.807) is 6.07 Å². The Bertz CT molecular complexity index is 656. The van der Waals surface area contributed by atoms with E-state index in [-0.39, 0.29) is 12.4 Å². The lowest BCUT2D eigenvalue weighted by Gasteiger charge is -2.10. The van der Waals surface area contributed by atoms with Crippen LogP contribution in [0.15, 0.2) is 42.5 Å². The fourth-order valence-electron chi connectivity index (χ4n) is 1.79. The van der Waals surface area contributed by atoms with Crippen LogP contribution in [0, 0.1) is 24.6 Å². The molecule has 0 saturated heterocycles. The first-order valence-electron chi connectivity index (χ1n) is 6.36. The van der Waals surface area contributed by atoms with Gasteiger partial charge in [-0.2, -0.15) is 0 Å². The lowest BCUT2D eigenvalue weighted by atomic mass is 10.1. The number of halogens is 1. The molecule has 0 saturated carbocycles. The van der Waals surface area contributed by atoms with Crippen LogP contribution in [0.4, 0.5) is 4.39 Å². The predicted molar refractivity (Wildman–Crippen MR) is 77.8 cm³/mol. The highest BCUT2D eigenvalue weighted by Gasteiger charge is 2.05. The van der Waals surface area contributed by atoms with Crippen LogP contribution in [0.2, 0.25) is 0 Å². The van der Waals surface area contributed by atoms with Gasteiger partial charge in [-0.15, -0.1) is 0 Å². The zero-order valence-corrected chi connectivity index (χ0v) is 11.3. The second kappa shape index (κ2) is 6.74. The number of aryl methyl sites for hydroxylation is 1. The van der Waals surface area contributed by atoms with E-state index in [1.165, 1.54) is 12.1 Å². The maximum atomic E-state index is 13.3. The van der Waals surface area contributed by atoms with Gasteiger partial charge in [-0.25, -0.2) is 4.39 Å². The summed E-state index contributed by atoms with van der Waals surface area (Å²) in [6, 6.07) is 12.2. The molecular formula is C17H16FNO. The van der Waals surface area contributed by atoms with Crippen LogP contribution in [-0.2, 0) is 6.61 Å². The van der Waals surface area contributed by atoms with Gasteiger partial charge in [0, 0.05) is 6.07 Å². The van der Waals surface area contributed by atoms with E-state index >= 15 is 0 Å². The van der Waals surface area contributed by atoms with Crippen molar-refractivity contribution in [1.82, 2.24) is 0 Å². The van der Waals surface area contributed by atoms with Gasteiger partial charge in [0.2, 0.25) is 0 Å². The van der Waals surface area contributed by atoms with Crippen LogP contribution in [0.3, 0.4) is 0 Å². The summed E-state index contributed by atoms with van der Waals surface area (Å²) in [5, 5.41) is 0. The summed E-state index contributed by atoms with van der Waals surface area (Å²) < 4.78 is 19.0. The maximum absolute atomic E-state index is 13.3. The fraction of sp³-hybridized carbons (Fsp3) is 0.176. The quantitative estimate of drug-likeness (QED) is 0.869. The molecule has 0 radical (unpaired) electrons. The van der Waals surface area contributed by atoms with Crippen LogP contribution < -0.4 is 10.5 Å². The molecule has 102 valence electrons. The minimum atomic E-state index is -0.344. The molecule has 20 heavy (non-hydrogen) atoms. The van der Waals surface area contributed by atoms with Gasteiger partial charge in [0.1, 0.15) is 18.2 Å². The number of nitrogens with two attached hydrogens (primary N) is 1. The van der Waals surface area contributed by atoms with Crippen molar-refractivity contribution in [2.45, 2.75) is 13.5 Å². The molecule has 2 aromatic carbocycles. The van der Waals surface area contributed by atoms with E-state index in [1.807, 2.05) is 31.2 Å². The Morgan fingerprint density at radius 3 is 2.75 bits per heavy atom. The summed E-state index contributed by atoms with van der Waals surface area (Å²) in [5.41, 5.74) is 8.20. The second-order valence-electron chi connectivity index (χ2n) is 4.36. The summed E-state index contributed by atoms with van der Waals surface area (Å²) in [5.74, 6) is 5.73. The average Bonchev–Trinajstić information content (AvgIpc) is 2.45. The molecule has 0 fully saturated rings. The van der Waals surface area contributed by atoms with Gasteiger partial charge in [-0.05, 0) is 30.2 Å². The third-order valence-electron chi connectivity index (χ3n) is 2.91. The van der Waals surface area contributed by atoms with Crippen molar-refractivity contribution in [2.24, 2.45) is 5.73 Å². The standard InChI is InChI=1S/C17H16FNO/c1-13-5-2-3-6-15(13)12-20-17-11-16(18)9-8-14(17)7-4-10-19/h2-3,5-6,8-9,11H,10,12,19H2,1H3. The Labute approximate surface area is 118 Å². The molecule has 0 aliphatic carbocycles. The van der Waals surface area contributed by atoms with Crippen molar-refractivity contribution in [2.75, 3.05) is 6.54 Å². The van der Waals surface area contributed by atoms with Crippen molar-refractivity contribution >= 4 is 0 Å². The number of benzene rings is 2. The number of hydrogen-bond donors (Lipinski definition) is 1. The van der Waals surface area contributed by atoms with Crippen LogP contribution >= 0.6 is 0 Å². The van der Waals surface area contributed by atoms with Gasteiger partial charge in [0.15, 0.2) is 0 Å². The molecule has 0 bridgehead atoms. The van der Waals surface area contributed by atoms with E-state index in [2.05, 4.69) is 11.8 Å². The molecule has 2 rings (SSSR count). The Balaban J connectivity index is 2.20. The predicted octanol–water partition coefficient (Wildman–Crippen LogP) is 3.02. The highest BCUT2D eigenvalue weighted by molar-refractivity contribution is 5.46. The van der Waals surface area contributed by atoms with Crippen LogP contribution in [-0.4, -0.2) is 6.54 Å². The van der Waals surface area contributed by atoms with E-state index in [0.29, 0.717) is 17.9 Å². The maximum Gasteiger partial charge on any atom is 0.138 e. The van der Waals surface area contributed by atoms with Crippen molar-refractivity contribution < 1.29 is 9.13 Å².